The minimum Gasteiger partial charge on any atom is -0.491 e. The molecule has 0 spiro atoms. The van der Waals surface area contributed by atoms with Gasteiger partial charge in [-0.05, 0) is 52.2 Å². The average Bonchev–Trinajstić information content (AvgIpc) is 2.84. The molecule has 37 heavy (non-hydrogen) atoms. The molecule has 0 bridgehead atoms. The zero-order valence-electron chi connectivity index (χ0n) is 21.9. The first kappa shape index (κ1) is 28.3. The second kappa shape index (κ2) is 12.8. The summed E-state index contributed by atoms with van der Waals surface area (Å²) in [7, 11) is 0. The number of esters is 1. The molecule has 0 atom stereocenters. The summed E-state index contributed by atoms with van der Waals surface area (Å²) in [6, 6.07) is 7.15. The van der Waals surface area contributed by atoms with E-state index in [0.29, 0.717) is 56.5 Å². The maximum absolute atomic E-state index is 13.2. The van der Waals surface area contributed by atoms with Crippen molar-refractivity contribution in [2.45, 2.75) is 52.6 Å². The van der Waals surface area contributed by atoms with Gasteiger partial charge in [0.25, 0.3) is 5.56 Å². The van der Waals surface area contributed by atoms with Crippen molar-refractivity contribution in [3.05, 3.63) is 45.8 Å². The van der Waals surface area contributed by atoms with Crippen LogP contribution in [-0.2, 0) is 14.3 Å². The second-order valence-corrected chi connectivity index (χ2v) is 10.1. The van der Waals surface area contributed by atoms with E-state index in [9.17, 15) is 14.4 Å². The Morgan fingerprint density at radius 2 is 1.68 bits per heavy atom. The van der Waals surface area contributed by atoms with Gasteiger partial charge in [0.2, 0.25) is 0 Å². The van der Waals surface area contributed by atoms with Crippen LogP contribution in [0.4, 0.5) is 10.5 Å². The Morgan fingerprint density at radius 1 is 1.00 bits per heavy atom. The number of amides is 1. The second-order valence-electron chi connectivity index (χ2n) is 9.73. The van der Waals surface area contributed by atoms with Crippen LogP contribution in [-0.4, -0.2) is 71.7 Å². The lowest BCUT2D eigenvalue weighted by Gasteiger charge is -2.36. The molecule has 0 radical (unpaired) electrons. The van der Waals surface area contributed by atoms with Crippen molar-refractivity contribution >= 4 is 29.4 Å². The molecule has 202 valence electrons. The van der Waals surface area contributed by atoms with Crippen LogP contribution in [0.3, 0.4) is 0 Å². The van der Waals surface area contributed by atoms with Crippen molar-refractivity contribution in [2.75, 3.05) is 44.3 Å². The zero-order chi connectivity index (χ0) is 27.0. The Hall–Kier alpha value is -3.27. The number of carbonyl (C=O) groups is 2. The highest BCUT2D eigenvalue weighted by Gasteiger charge is 2.27. The lowest BCUT2D eigenvalue weighted by Crippen LogP contribution is -2.50. The molecule has 1 aliphatic heterocycles. The van der Waals surface area contributed by atoms with Crippen LogP contribution < -0.4 is 15.2 Å². The zero-order valence-corrected chi connectivity index (χ0v) is 22.6. The predicted octanol–water partition coefficient (Wildman–Crippen LogP) is 4.06. The number of unbranched alkanes of at least 4 members (excludes halogenated alkanes) is 2. The summed E-state index contributed by atoms with van der Waals surface area (Å²) in [5.41, 5.74) is 0.0108. The van der Waals surface area contributed by atoms with E-state index >= 15 is 0 Å². The lowest BCUT2D eigenvalue weighted by atomic mass is 10.2. The Bertz CT molecular complexity index is 1140. The first-order valence-corrected chi connectivity index (χ1v) is 12.8. The third-order valence-corrected chi connectivity index (χ3v) is 5.97. The van der Waals surface area contributed by atoms with Crippen LogP contribution in [0.2, 0.25) is 5.02 Å². The Morgan fingerprint density at radius 3 is 2.35 bits per heavy atom. The van der Waals surface area contributed by atoms with E-state index < -0.39 is 11.2 Å². The molecule has 10 nitrogen and oxygen atoms in total. The van der Waals surface area contributed by atoms with Crippen LogP contribution >= 0.6 is 11.6 Å². The predicted molar refractivity (Wildman–Crippen MR) is 141 cm³/mol. The smallest absolute Gasteiger partial charge is 0.410 e. The van der Waals surface area contributed by atoms with Gasteiger partial charge >= 0.3 is 12.1 Å². The first-order chi connectivity index (χ1) is 17.6. The molecule has 0 unspecified atom stereocenters. The van der Waals surface area contributed by atoms with Gasteiger partial charge in [0, 0.05) is 33.1 Å². The number of nitrogens with zero attached hydrogens (tertiary/aromatic N) is 4. The Balaban J connectivity index is 1.63. The van der Waals surface area contributed by atoms with Gasteiger partial charge in [0.05, 0.1) is 25.1 Å². The van der Waals surface area contributed by atoms with Crippen molar-refractivity contribution in [3.8, 4) is 11.4 Å². The molecule has 2 heterocycles. The summed E-state index contributed by atoms with van der Waals surface area (Å²) in [6.45, 7) is 9.63. The number of anilines is 1. The van der Waals surface area contributed by atoms with E-state index in [-0.39, 0.29) is 17.1 Å². The number of ether oxygens (including phenoxy) is 3. The van der Waals surface area contributed by atoms with Crippen LogP contribution in [0.15, 0.2) is 35.3 Å². The van der Waals surface area contributed by atoms with E-state index in [2.05, 4.69) is 5.10 Å². The van der Waals surface area contributed by atoms with Crippen LogP contribution in [0.1, 0.15) is 47.0 Å². The maximum atomic E-state index is 13.2. The van der Waals surface area contributed by atoms with Gasteiger partial charge in [-0.3, -0.25) is 9.59 Å². The maximum Gasteiger partial charge on any atom is 0.410 e. The van der Waals surface area contributed by atoms with E-state index in [0.717, 1.165) is 19.3 Å². The van der Waals surface area contributed by atoms with Gasteiger partial charge in [-0.25, -0.2) is 4.79 Å². The summed E-state index contributed by atoms with van der Waals surface area (Å²) >= 11 is 6.52. The minimum atomic E-state index is -0.558. The topological polar surface area (TPSA) is 103 Å². The molecular formula is C26H35ClN4O6. The standard InChI is InChI=1S/C26H35ClN4O6/c1-19(32)35-16-8-5-9-17-36-22-11-7-6-10-20(22)31-24(33)23(27)21(18-28-31)29-12-14-30(15-13-29)25(34)37-26(2,3)4/h6-7,10-11,18H,5,8-9,12-17H2,1-4H3. The summed E-state index contributed by atoms with van der Waals surface area (Å²) in [4.78, 5) is 39.9. The van der Waals surface area contributed by atoms with Crippen LogP contribution in [0.5, 0.6) is 5.75 Å². The number of rotatable bonds is 9. The highest BCUT2D eigenvalue weighted by molar-refractivity contribution is 6.33. The third kappa shape index (κ3) is 8.11. The fourth-order valence-corrected chi connectivity index (χ4v) is 4.05. The van der Waals surface area contributed by atoms with Gasteiger partial charge < -0.3 is 24.0 Å². The number of hydrogen-bond donors (Lipinski definition) is 0. The normalized spacial score (nSPS) is 13.9. The number of carbonyl (C=O) groups excluding carboxylic acids is 2. The fraction of sp³-hybridized carbons (Fsp3) is 0.538. The lowest BCUT2D eigenvalue weighted by molar-refractivity contribution is -0.141. The van der Waals surface area contributed by atoms with Crippen molar-refractivity contribution in [3.63, 3.8) is 0 Å². The largest absolute Gasteiger partial charge is 0.491 e. The highest BCUT2D eigenvalue weighted by atomic mass is 35.5. The Labute approximate surface area is 222 Å². The number of aromatic nitrogens is 2. The van der Waals surface area contributed by atoms with Crippen molar-refractivity contribution in [1.29, 1.82) is 0 Å². The molecule has 1 fully saturated rings. The van der Waals surface area contributed by atoms with E-state index in [1.807, 2.05) is 31.7 Å². The summed E-state index contributed by atoms with van der Waals surface area (Å²) in [6.07, 6.45) is 3.59. The molecule has 0 aliphatic carbocycles. The van der Waals surface area contributed by atoms with Crippen molar-refractivity contribution in [2.24, 2.45) is 0 Å². The quantitative estimate of drug-likeness (QED) is 0.350. The van der Waals surface area contributed by atoms with Gasteiger partial charge in [-0.1, -0.05) is 23.7 Å². The molecule has 1 amide bonds. The van der Waals surface area contributed by atoms with Crippen LogP contribution in [0, 0.1) is 0 Å². The van der Waals surface area contributed by atoms with Gasteiger partial charge in [0.15, 0.2) is 0 Å². The molecule has 1 aromatic heterocycles. The van der Waals surface area contributed by atoms with E-state index in [1.54, 1.807) is 29.3 Å². The minimum absolute atomic E-state index is 0.0565. The third-order valence-electron chi connectivity index (χ3n) is 5.62. The van der Waals surface area contributed by atoms with Crippen molar-refractivity contribution in [1.82, 2.24) is 14.7 Å². The highest BCUT2D eigenvalue weighted by Crippen LogP contribution is 2.26. The molecule has 2 aromatic rings. The first-order valence-electron chi connectivity index (χ1n) is 12.4. The van der Waals surface area contributed by atoms with E-state index in [1.165, 1.54) is 11.6 Å². The van der Waals surface area contributed by atoms with E-state index in [4.69, 9.17) is 25.8 Å². The summed E-state index contributed by atoms with van der Waals surface area (Å²) in [5.74, 6) is 0.239. The number of piperazine rings is 1. The number of halogens is 1. The summed E-state index contributed by atoms with van der Waals surface area (Å²) in [5, 5.41) is 4.43. The molecule has 1 aliphatic rings. The van der Waals surface area contributed by atoms with Gasteiger partial charge in [-0.2, -0.15) is 9.78 Å². The fourth-order valence-electron chi connectivity index (χ4n) is 3.81. The molecule has 11 heteroatoms. The van der Waals surface area contributed by atoms with Crippen molar-refractivity contribution < 1.29 is 23.8 Å². The monoisotopic (exact) mass is 534 g/mol. The molecular weight excluding hydrogens is 500 g/mol. The van der Waals surface area contributed by atoms with Gasteiger partial charge in [0.1, 0.15) is 22.1 Å². The molecule has 1 saturated heterocycles. The van der Waals surface area contributed by atoms with Gasteiger partial charge in [-0.15, -0.1) is 0 Å². The number of hydrogen-bond acceptors (Lipinski definition) is 8. The average molecular weight is 535 g/mol. The SMILES string of the molecule is CC(=O)OCCCCCOc1ccccc1-n1ncc(N2CCN(C(=O)OC(C)(C)C)CC2)c(Cl)c1=O. The Kier molecular flexibility index (Phi) is 9.79. The molecule has 0 N–H and O–H groups in total. The summed E-state index contributed by atoms with van der Waals surface area (Å²) < 4.78 is 17.5. The molecule has 3 rings (SSSR count). The molecule has 0 saturated carbocycles. The molecule has 1 aromatic carbocycles. The number of para-hydroxylation sites is 2. The van der Waals surface area contributed by atoms with Crippen LogP contribution in [0.25, 0.3) is 5.69 Å². The number of benzene rings is 1.